The molecule has 30 heavy (non-hydrogen) atoms. The first-order valence-corrected chi connectivity index (χ1v) is 11.3. The van der Waals surface area contributed by atoms with E-state index in [1.807, 2.05) is 0 Å². The molecule has 2 heterocycles. The second-order valence-corrected chi connectivity index (χ2v) is 9.37. The molecule has 0 radical (unpaired) electrons. The molecule has 156 valence electrons. The van der Waals surface area contributed by atoms with Gasteiger partial charge in [0.15, 0.2) is 9.84 Å². The Morgan fingerprint density at radius 2 is 1.77 bits per heavy atom. The highest BCUT2D eigenvalue weighted by molar-refractivity contribution is 7.91. The zero-order chi connectivity index (χ0) is 21.6. The molecule has 2 amide bonds. The molecule has 10 heteroatoms. The maximum absolute atomic E-state index is 13.2. The third-order valence-electron chi connectivity index (χ3n) is 4.21. The van der Waals surface area contributed by atoms with Gasteiger partial charge in [-0.05, 0) is 47.3 Å². The fourth-order valence-corrected chi connectivity index (χ4v) is 5.44. The third kappa shape index (κ3) is 5.28. The largest absolute Gasteiger partial charge is 0.346 e. The van der Waals surface area contributed by atoms with Gasteiger partial charge < -0.3 is 10.6 Å². The Labute approximate surface area is 176 Å². The zero-order valence-corrected chi connectivity index (χ0v) is 17.3. The normalized spacial score (nSPS) is 12.2. The summed E-state index contributed by atoms with van der Waals surface area (Å²) in [5, 5.41) is 5.44. The van der Waals surface area contributed by atoms with E-state index < -0.39 is 32.7 Å². The van der Waals surface area contributed by atoms with Gasteiger partial charge in [0.05, 0.1) is 4.90 Å². The van der Waals surface area contributed by atoms with Gasteiger partial charge in [-0.25, -0.2) is 12.8 Å². The standard InChI is InChI=1S/C20H18FN3O4S2/c21-15-5-7-16(8-6-15)30(27,28)18(17-4-2-10-29-17)13-24-20(26)19(25)23-12-14-3-1-9-22-11-14/h1-11,18H,12-13H2,(H,23,25)(H,24,26). The molecule has 3 rings (SSSR count). The first-order chi connectivity index (χ1) is 14.4. The number of hydrogen-bond acceptors (Lipinski definition) is 6. The summed E-state index contributed by atoms with van der Waals surface area (Å²) in [4.78, 5) is 28.5. The molecule has 0 aliphatic rings. The Kier molecular flexibility index (Phi) is 6.91. The quantitative estimate of drug-likeness (QED) is 0.427. The van der Waals surface area contributed by atoms with Crippen LogP contribution in [0, 0.1) is 5.82 Å². The number of carbonyl (C=O) groups is 2. The number of amides is 2. The van der Waals surface area contributed by atoms with Gasteiger partial charge in [-0.3, -0.25) is 14.6 Å². The molecule has 0 saturated heterocycles. The minimum absolute atomic E-state index is 0.0717. The molecule has 0 aliphatic heterocycles. The number of nitrogens with one attached hydrogen (secondary N) is 2. The topological polar surface area (TPSA) is 105 Å². The van der Waals surface area contributed by atoms with Crippen molar-refractivity contribution in [3.63, 3.8) is 0 Å². The SMILES string of the molecule is O=C(NCc1cccnc1)C(=O)NCC(c1cccs1)S(=O)(=O)c1ccc(F)cc1. The fraction of sp³-hybridized carbons (Fsp3) is 0.150. The summed E-state index contributed by atoms with van der Waals surface area (Å²) in [6.07, 6.45) is 3.14. The van der Waals surface area contributed by atoms with Crippen LogP contribution in [-0.2, 0) is 26.0 Å². The summed E-state index contributed by atoms with van der Waals surface area (Å²) in [6.45, 7) is -0.193. The Balaban J connectivity index is 1.69. The van der Waals surface area contributed by atoms with Gasteiger partial charge in [-0.1, -0.05) is 12.1 Å². The Hall–Kier alpha value is -3.11. The molecule has 0 aliphatic carbocycles. The molecular formula is C20H18FN3O4S2. The van der Waals surface area contributed by atoms with Gasteiger partial charge in [-0.2, -0.15) is 0 Å². The molecular weight excluding hydrogens is 429 g/mol. The van der Waals surface area contributed by atoms with Crippen molar-refractivity contribution in [2.75, 3.05) is 6.54 Å². The average molecular weight is 448 g/mol. The highest BCUT2D eigenvalue weighted by atomic mass is 32.2. The van der Waals surface area contributed by atoms with Gasteiger partial charge in [0, 0.05) is 30.4 Å². The van der Waals surface area contributed by atoms with Crippen LogP contribution in [0.4, 0.5) is 4.39 Å². The minimum atomic E-state index is -3.93. The van der Waals surface area contributed by atoms with Crippen LogP contribution in [0.15, 0.2) is 71.2 Å². The second kappa shape index (κ2) is 9.59. The number of halogens is 1. The lowest BCUT2D eigenvalue weighted by Crippen LogP contribution is -2.42. The molecule has 0 saturated carbocycles. The Morgan fingerprint density at radius 3 is 2.40 bits per heavy atom. The Bertz CT molecular complexity index is 1100. The summed E-state index contributed by atoms with van der Waals surface area (Å²) in [5.41, 5.74) is 0.717. The van der Waals surface area contributed by atoms with E-state index in [-0.39, 0.29) is 18.0 Å². The number of sulfone groups is 1. The maximum atomic E-state index is 13.2. The van der Waals surface area contributed by atoms with Crippen LogP contribution in [-0.4, -0.2) is 31.8 Å². The van der Waals surface area contributed by atoms with Crippen molar-refractivity contribution in [3.05, 3.63) is 82.6 Å². The van der Waals surface area contributed by atoms with Gasteiger partial charge in [0.25, 0.3) is 0 Å². The van der Waals surface area contributed by atoms with E-state index in [9.17, 15) is 22.4 Å². The zero-order valence-electron chi connectivity index (χ0n) is 15.6. The van der Waals surface area contributed by atoms with Crippen LogP contribution >= 0.6 is 11.3 Å². The van der Waals surface area contributed by atoms with Crippen molar-refractivity contribution >= 4 is 33.0 Å². The van der Waals surface area contributed by atoms with E-state index in [1.165, 1.54) is 23.5 Å². The predicted molar refractivity (Wildman–Crippen MR) is 110 cm³/mol. The van der Waals surface area contributed by atoms with Gasteiger partial charge >= 0.3 is 11.8 Å². The average Bonchev–Trinajstić information content (AvgIpc) is 3.27. The first-order valence-electron chi connectivity index (χ1n) is 8.85. The van der Waals surface area contributed by atoms with E-state index >= 15 is 0 Å². The molecule has 1 atom stereocenters. The Morgan fingerprint density at radius 1 is 1.03 bits per heavy atom. The molecule has 0 fully saturated rings. The van der Waals surface area contributed by atoms with Crippen LogP contribution in [0.1, 0.15) is 15.7 Å². The van der Waals surface area contributed by atoms with Crippen molar-refractivity contribution in [1.82, 2.24) is 15.6 Å². The van der Waals surface area contributed by atoms with Crippen LogP contribution in [0.5, 0.6) is 0 Å². The number of carbonyl (C=O) groups excluding carboxylic acids is 2. The number of pyridine rings is 1. The smallest absolute Gasteiger partial charge is 0.309 e. The molecule has 1 aromatic carbocycles. The van der Waals surface area contributed by atoms with Crippen molar-refractivity contribution in [2.45, 2.75) is 16.7 Å². The van der Waals surface area contributed by atoms with Crippen LogP contribution in [0.3, 0.4) is 0 Å². The molecule has 7 nitrogen and oxygen atoms in total. The number of aromatic nitrogens is 1. The molecule has 0 bridgehead atoms. The molecule has 3 aromatic rings. The maximum Gasteiger partial charge on any atom is 0.309 e. The van der Waals surface area contributed by atoms with E-state index in [2.05, 4.69) is 15.6 Å². The number of thiophene rings is 1. The van der Waals surface area contributed by atoms with E-state index in [4.69, 9.17) is 0 Å². The number of rotatable bonds is 7. The predicted octanol–water partition coefficient (Wildman–Crippen LogP) is 2.23. The van der Waals surface area contributed by atoms with Crippen molar-refractivity contribution in [3.8, 4) is 0 Å². The lowest BCUT2D eigenvalue weighted by Gasteiger charge is -2.17. The van der Waals surface area contributed by atoms with Crippen LogP contribution < -0.4 is 10.6 Å². The number of nitrogens with zero attached hydrogens (tertiary/aromatic N) is 1. The van der Waals surface area contributed by atoms with Crippen molar-refractivity contribution in [2.24, 2.45) is 0 Å². The highest BCUT2D eigenvalue weighted by Crippen LogP contribution is 2.31. The first kappa shape index (κ1) is 21.6. The summed E-state index contributed by atoms with van der Waals surface area (Å²) in [7, 11) is -3.93. The molecule has 1 unspecified atom stereocenters. The van der Waals surface area contributed by atoms with Crippen molar-refractivity contribution < 1.29 is 22.4 Å². The highest BCUT2D eigenvalue weighted by Gasteiger charge is 2.31. The number of hydrogen-bond donors (Lipinski definition) is 2. The van der Waals surface area contributed by atoms with Gasteiger partial charge in [0.2, 0.25) is 0 Å². The molecule has 2 aromatic heterocycles. The molecule has 0 spiro atoms. The molecule has 2 N–H and O–H groups in total. The van der Waals surface area contributed by atoms with E-state index in [1.54, 1.807) is 42.0 Å². The second-order valence-electron chi connectivity index (χ2n) is 6.26. The van der Waals surface area contributed by atoms with Crippen LogP contribution in [0.25, 0.3) is 0 Å². The van der Waals surface area contributed by atoms with Gasteiger partial charge in [-0.15, -0.1) is 11.3 Å². The van der Waals surface area contributed by atoms with E-state index in [0.717, 1.165) is 12.1 Å². The van der Waals surface area contributed by atoms with Crippen molar-refractivity contribution in [1.29, 1.82) is 0 Å². The third-order valence-corrected chi connectivity index (χ3v) is 7.44. The summed E-state index contributed by atoms with van der Waals surface area (Å²) >= 11 is 1.21. The lowest BCUT2D eigenvalue weighted by atomic mass is 10.3. The fourth-order valence-electron chi connectivity index (χ4n) is 2.66. The lowest BCUT2D eigenvalue weighted by molar-refractivity contribution is -0.139. The summed E-state index contributed by atoms with van der Waals surface area (Å²) < 4.78 is 39.3. The summed E-state index contributed by atoms with van der Waals surface area (Å²) in [6, 6.07) is 11.2. The monoisotopic (exact) mass is 447 g/mol. The minimum Gasteiger partial charge on any atom is -0.346 e. The summed E-state index contributed by atoms with van der Waals surface area (Å²) in [5.74, 6) is -2.39. The van der Waals surface area contributed by atoms with Gasteiger partial charge in [0.1, 0.15) is 11.1 Å². The van der Waals surface area contributed by atoms with E-state index in [0.29, 0.717) is 10.4 Å². The van der Waals surface area contributed by atoms with Crippen LogP contribution in [0.2, 0.25) is 0 Å². The number of benzene rings is 1.